The van der Waals surface area contributed by atoms with E-state index in [1.165, 1.54) is 0 Å². The lowest BCUT2D eigenvalue weighted by atomic mass is 9.99. The Balaban J connectivity index is 1.98. The third-order valence-corrected chi connectivity index (χ3v) is 4.55. The molecule has 2 heterocycles. The van der Waals surface area contributed by atoms with E-state index in [9.17, 15) is 0 Å². The van der Waals surface area contributed by atoms with E-state index in [4.69, 9.17) is 15.4 Å². The van der Waals surface area contributed by atoms with Crippen molar-refractivity contribution in [2.45, 2.75) is 77.3 Å². The van der Waals surface area contributed by atoms with E-state index in [1.807, 2.05) is 10.7 Å². The molecule has 0 unspecified atom stereocenters. The van der Waals surface area contributed by atoms with Gasteiger partial charge in [-0.1, -0.05) is 31.8 Å². The molecular weight excluding hydrogens is 290 g/mol. The fraction of sp³-hybridized carbons (Fsp3) is 0.706. The molecule has 2 N–H and O–H groups in total. The van der Waals surface area contributed by atoms with Gasteiger partial charge in [-0.05, 0) is 45.6 Å². The second-order valence-electron chi connectivity index (χ2n) is 7.98. The smallest absolute Gasteiger partial charge is 0.278 e. The van der Waals surface area contributed by atoms with Crippen molar-refractivity contribution in [3.05, 3.63) is 17.6 Å². The van der Waals surface area contributed by atoms with Crippen LogP contribution in [0.15, 0.2) is 10.6 Å². The lowest BCUT2D eigenvalue weighted by molar-refractivity contribution is 0.338. The molecule has 126 valence electrons. The molecule has 0 atom stereocenters. The molecule has 1 aliphatic rings. The maximum Gasteiger partial charge on any atom is 0.278 e. The van der Waals surface area contributed by atoms with Crippen molar-refractivity contribution in [2.24, 2.45) is 5.73 Å². The Bertz CT molecular complexity index is 686. The summed E-state index contributed by atoms with van der Waals surface area (Å²) in [5.74, 6) is 1.44. The fourth-order valence-electron chi connectivity index (χ4n) is 3.21. The highest BCUT2D eigenvalue weighted by Crippen LogP contribution is 2.35. The number of aromatic nitrogens is 4. The largest absolute Gasteiger partial charge is 0.332 e. The second-order valence-corrected chi connectivity index (χ2v) is 7.98. The summed E-state index contributed by atoms with van der Waals surface area (Å²) in [6.45, 7) is 10.7. The van der Waals surface area contributed by atoms with E-state index >= 15 is 0 Å². The highest BCUT2D eigenvalue weighted by atomic mass is 16.5. The third kappa shape index (κ3) is 2.92. The van der Waals surface area contributed by atoms with Crippen LogP contribution in [-0.2, 0) is 11.1 Å². The van der Waals surface area contributed by atoms with E-state index in [2.05, 4.69) is 44.8 Å². The second kappa shape index (κ2) is 5.44. The summed E-state index contributed by atoms with van der Waals surface area (Å²) in [6, 6.07) is 2.05. The van der Waals surface area contributed by atoms with Crippen LogP contribution in [-0.4, -0.2) is 19.9 Å². The Morgan fingerprint density at radius 2 is 1.91 bits per heavy atom. The minimum atomic E-state index is -0.435. The Morgan fingerprint density at radius 3 is 2.43 bits per heavy atom. The summed E-state index contributed by atoms with van der Waals surface area (Å²) in [6.07, 6.45) is 4.08. The first-order valence-corrected chi connectivity index (χ1v) is 8.44. The Labute approximate surface area is 137 Å². The van der Waals surface area contributed by atoms with E-state index in [-0.39, 0.29) is 5.54 Å². The van der Waals surface area contributed by atoms with Gasteiger partial charge in [0.15, 0.2) is 11.5 Å². The van der Waals surface area contributed by atoms with Crippen molar-refractivity contribution in [2.75, 3.05) is 0 Å². The first-order chi connectivity index (χ1) is 10.7. The van der Waals surface area contributed by atoms with Crippen molar-refractivity contribution < 1.29 is 4.52 Å². The van der Waals surface area contributed by atoms with Gasteiger partial charge in [0, 0.05) is 5.69 Å². The number of nitrogens with zero attached hydrogens (tertiary/aromatic N) is 4. The van der Waals surface area contributed by atoms with E-state index in [0.717, 1.165) is 37.1 Å². The lowest BCUT2D eigenvalue weighted by Gasteiger charge is -2.23. The van der Waals surface area contributed by atoms with Gasteiger partial charge in [-0.15, -0.1) is 0 Å². The topological polar surface area (TPSA) is 82.8 Å². The molecule has 0 aromatic carbocycles. The standard InChI is InChI=1S/C17H27N5O/c1-11(2)13-10-12(20-22(13)16(3,4)5)14-19-15(21-23-14)17(18)8-6-7-9-17/h10-11H,6-9,18H2,1-5H3. The molecule has 1 aliphatic carbocycles. The van der Waals surface area contributed by atoms with Crippen molar-refractivity contribution in [3.63, 3.8) is 0 Å². The maximum atomic E-state index is 6.41. The highest BCUT2D eigenvalue weighted by Gasteiger charge is 2.36. The van der Waals surface area contributed by atoms with Gasteiger partial charge >= 0.3 is 0 Å². The van der Waals surface area contributed by atoms with Crippen molar-refractivity contribution in [1.29, 1.82) is 0 Å². The van der Waals surface area contributed by atoms with Crippen LogP contribution in [0, 0.1) is 0 Å². The summed E-state index contributed by atoms with van der Waals surface area (Å²) < 4.78 is 7.52. The quantitative estimate of drug-likeness (QED) is 0.936. The first-order valence-electron chi connectivity index (χ1n) is 8.44. The maximum absolute atomic E-state index is 6.41. The van der Waals surface area contributed by atoms with Crippen molar-refractivity contribution in [3.8, 4) is 11.6 Å². The summed E-state index contributed by atoms with van der Waals surface area (Å²) in [5.41, 5.74) is 7.77. The first kappa shape index (κ1) is 16.2. The van der Waals surface area contributed by atoms with Crippen molar-refractivity contribution in [1.82, 2.24) is 19.9 Å². The minimum Gasteiger partial charge on any atom is -0.332 e. The van der Waals surface area contributed by atoms with E-state index in [1.54, 1.807) is 0 Å². The predicted octanol–water partition coefficient (Wildman–Crippen LogP) is 3.54. The van der Waals surface area contributed by atoms with Gasteiger partial charge in [0.05, 0.1) is 11.1 Å². The molecule has 0 aliphatic heterocycles. The minimum absolute atomic E-state index is 0.0960. The molecule has 6 nitrogen and oxygen atoms in total. The number of rotatable bonds is 3. The molecule has 2 aromatic rings. The van der Waals surface area contributed by atoms with Crippen LogP contribution in [0.3, 0.4) is 0 Å². The van der Waals surface area contributed by atoms with Gasteiger partial charge in [-0.3, -0.25) is 4.68 Å². The van der Waals surface area contributed by atoms with Crippen LogP contribution in [0.25, 0.3) is 11.6 Å². The van der Waals surface area contributed by atoms with Crippen LogP contribution < -0.4 is 5.73 Å². The molecule has 6 heteroatoms. The van der Waals surface area contributed by atoms with Crippen LogP contribution in [0.5, 0.6) is 0 Å². The Kier molecular flexibility index (Phi) is 3.83. The van der Waals surface area contributed by atoms with Gasteiger partial charge in [-0.2, -0.15) is 10.1 Å². The molecule has 1 saturated carbocycles. The van der Waals surface area contributed by atoms with E-state index in [0.29, 0.717) is 17.6 Å². The fourth-order valence-corrected chi connectivity index (χ4v) is 3.21. The Hall–Kier alpha value is -1.69. The van der Waals surface area contributed by atoms with Gasteiger partial charge in [-0.25, -0.2) is 0 Å². The molecule has 2 aromatic heterocycles. The molecular formula is C17H27N5O. The molecule has 0 bridgehead atoms. The molecule has 1 fully saturated rings. The van der Waals surface area contributed by atoms with E-state index < -0.39 is 5.54 Å². The average molecular weight is 317 g/mol. The van der Waals surface area contributed by atoms with Crippen LogP contribution in [0.4, 0.5) is 0 Å². The zero-order chi connectivity index (χ0) is 16.8. The molecule has 0 amide bonds. The SMILES string of the molecule is CC(C)c1cc(-c2nc(C3(N)CCCC3)no2)nn1C(C)(C)C. The zero-order valence-electron chi connectivity index (χ0n) is 14.8. The van der Waals surface area contributed by atoms with Crippen molar-refractivity contribution >= 4 is 0 Å². The number of hydrogen-bond donors (Lipinski definition) is 1. The molecule has 0 radical (unpaired) electrons. The highest BCUT2D eigenvalue weighted by molar-refractivity contribution is 5.48. The summed E-state index contributed by atoms with van der Waals surface area (Å²) in [5, 5.41) is 8.85. The summed E-state index contributed by atoms with van der Waals surface area (Å²) in [7, 11) is 0. The number of hydrogen-bond acceptors (Lipinski definition) is 5. The van der Waals surface area contributed by atoms with Gasteiger partial charge in [0.1, 0.15) is 0 Å². The normalized spacial score (nSPS) is 18.0. The van der Waals surface area contributed by atoms with Gasteiger partial charge in [0.25, 0.3) is 5.89 Å². The molecule has 23 heavy (non-hydrogen) atoms. The third-order valence-electron chi connectivity index (χ3n) is 4.55. The monoisotopic (exact) mass is 317 g/mol. The average Bonchev–Trinajstić information content (AvgIpc) is 3.16. The lowest BCUT2D eigenvalue weighted by Crippen LogP contribution is -2.34. The zero-order valence-corrected chi connectivity index (χ0v) is 14.8. The van der Waals surface area contributed by atoms with Crippen LogP contribution in [0.1, 0.15) is 77.7 Å². The van der Waals surface area contributed by atoms with Gasteiger partial charge in [0.2, 0.25) is 0 Å². The van der Waals surface area contributed by atoms with Gasteiger partial charge < -0.3 is 10.3 Å². The molecule has 0 saturated heterocycles. The molecule has 3 rings (SSSR count). The Morgan fingerprint density at radius 1 is 1.26 bits per heavy atom. The number of nitrogens with two attached hydrogens (primary N) is 1. The summed E-state index contributed by atoms with van der Waals surface area (Å²) in [4.78, 5) is 4.55. The predicted molar refractivity (Wildman–Crippen MR) is 88.9 cm³/mol. The van der Waals surface area contributed by atoms with Crippen LogP contribution in [0.2, 0.25) is 0 Å². The summed E-state index contributed by atoms with van der Waals surface area (Å²) >= 11 is 0. The van der Waals surface area contributed by atoms with Crippen LogP contribution >= 0.6 is 0 Å². The molecule has 0 spiro atoms.